The Hall–Kier alpha value is -2.55. The predicted octanol–water partition coefficient (Wildman–Crippen LogP) is 4.64. The Morgan fingerprint density at radius 2 is 1.33 bits per heavy atom. The largest absolute Gasteiger partial charge is 0.356 e. The van der Waals surface area contributed by atoms with Gasteiger partial charge < -0.3 is 10.6 Å². The van der Waals surface area contributed by atoms with E-state index in [1.165, 1.54) is 5.56 Å². The number of nitrogens with one attached hydrogen (secondary N) is 2. The highest BCUT2D eigenvalue weighted by molar-refractivity contribution is 5.99. The van der Waals surface area contributed by atoms with Gasteiger partial charge in [0.1, 0.15) is 0 Å². The van der Waals surface area contributed by atoms with Crippen LogP contribution in [-0.4, -0.2) is 5.91 Å². The monoisotopic (exact) mass is 280 g/mol. The number of hydrogen-bond donors (Lipinski definition) is 2. The van der Waals surface area contributed by atoms with Crippen LogP contribution in [0.25, 0.3) is 0 Å². The molecule has 0 saturated heterocycles. The SMILES string of the molecule is CC(C)=CC(=O)Nc1ccc(Nc2ccc(C)cc2)cc1. The quantitative estimate of drug-likeness (QED) is 0.801. The first-order valence-electron chi connectivity index (χ1n) is 6.92. The number of hydrogen-bond acceptors (Lipinski definition) is 2. The van der Waals surface area contributed by atoms with Crippen LogP contribution in [0.1, 0.15) is 19.4 Å². The number of rotatable bonds is 4. The molecule has 0 aromatic heterocycles. The summed E-state index contributed by atoms with van der Waals surface area (Å²) >= 11 is 0. The summed E-state index contributed by atoms with van der Waals surface area (Å²) in [5.74, 6) is -0.103. The number of amides is 1. The molecule has 0 bridgehead atoms. The van der Waals surface area contributed by atoms with Crippen molar-refractivity contribution in [3.63, 3.8) is 0 Å². The van der Waals surface area contributed by atoms with Crippen LogP contribution in [0.5, 0.6) is 0 Å². The molecule has 2 aromatic carbocycles. The zero-order valence-corrected chi connectivity index (χ0v) is 12.6. The van der Waals surface area contributed by atoms with Crippen molar-refractivity contribution in [1.29, 1.82) is 0 Å². The fourth-order valence-corrected chi connectivity index (χ4v) is 1.88. The molecule has 0 aliphatic rings. The molecule has 0 aliphatic heterocycles. The maximum absolute atomic E-state index is 11.6. The summed E-state index contributed by atoms with van der Waals surface area (Å²) in [6.07, 6.45) is 1.58. The number of benzene rings is 2. The van der Waals surface area contributed by atoms with E-state index in [0.29, 0.717) is 0 Å². The van der Waals surface area contributed by atoms with E-state index in [1.807, 2.05) is 50.2 Å². The number of aryl methyl sites for hydroxylation is 1. The molecule has 2 N–H and O–H groups in total. The van der Waals surface area contributed by atoms with Gasteiger partial charge in [-0.15, -0.1) is 0 Å². The van der Waals surface area contributed by atoms with E-state index < -0.39 is 0 Å². The summed E-state index contributed by atoms with van der Waals surface area (Å²) < 4.78 is 0. The number of anilines is 3. The molecule has 0 fully saturated rings. The normalized spacial score (nSPS) is 9.86. The van der Waals surface area contributed by atoms with Crippen molar-refractivity contribution in [2.45, 2.75) is 20.8 Å². The molecule has 2 aromatic rings. The number of carbonyl (C=O) groups excluding carboxylic acids is 1. The van der Waals surface area contributed by atoms with Gasteiger partial charge in [0.25, 0.3) is 0 Å². The summed E-state index contributed by atoms with van der Waals surface area (Å²) in [4.78, 5) is 11.6. The van der Waals surface area contributed by atoms with Crippen molar-refractivity contribution in [3.05, 3.63) is 65.7 Å². The third-order valence-corrected chi connectivity index (χ3v) is 2.91. The molecule has 2 rings (SSSR count). The predicted molar refractivity (Wildman–Crippen MR) is 89.0 cm³/mol. The molecule has 0 saturated carbocycles. The molecule has 1 amide bonds. The highest BCUT2D eigenvalue weighted by Crippen LogP contribution is 2.19. The molecule has 0 radical (unpaired) electrons. The Bertz CT molecular complexity index is 636. The second kappa shape index (κ2) is 6.75. The third kappa shape index (κ3) is 4.80. The average Bonchev–Trinajstić information content (AvgIpc) is 2.42. The topological polar surface area (TPSA) is 41.1 Å². The molecular weight excluding hydrogens is 260 g/mol. The molecule has 108 valence electrons. The van der Waals surface area contributed by atoms with E-state index >= 15 is 0 Å². The van der Waals surface area contributed by atoms with Crippen LogP contribution in [0.3, 0.4) is 0 Å². The maximum Gasteiger partial charge on any atom is 0.248 e. The van der Waals surface area contributed by atoms with Crippen molar-refractivity contribution in [3.8, 4) is 0 Å². The molecule has 0 atom stereocenters. The minimum Gasteiger partial charge on any atom is -0.356 e. The maximum atomic E-state index is 11.6. The van der Waals surface area contributed by atoms with Crippen LogP contribution in [0, 0.1) is 6.92 Å². The van der Waals surface area contributed by atoms with Gasteiger partial charge in [0.05, 0.1) is 0 Å². The second-order valence-corrected chi connectivity index (χ2v) is 5.28. The highest BCUT2D eigenvalue weighted by atomic mass is 16.1. The number of allylic oxidation sites excluding steroid dienone is 1. The Labute approximate surface area is 125 Å². The molecule has 3 heteroatoms. The second-order valence-electron chi connectivity index (χ2n) is 5.28. The summed E-state index contributed by atoms with van der Waals surface area (Å²) in [5, 5.41) is 6.15. The van der Waals surface area contributed by atoms with E-state index in [2.05, 4.69) is 29.7 Å². The summed E-state index contributed by atoms with van der Waals surface area (Å²) in [6.45, 7) is 5.86. The van der Waals surface area contributed by atoms with Crippen LogP contribution >= 0.6 is 0 Å². The van der Waals surface area contributed by atoms with E-state index in [-0.39, 0.29) is 5.91 Å². The standard InChI is InChI=1S/C18H20N2O/c1-13(2)12-18(21)20-17-10-8-16(9-11-17)19-15-6-4-14(3)5-7-15/h4-12,19H,1-3H3,(H,20,21). The Balaban J connectivity index is 2.00. The average molecular weight is 280 g/mol. The Kier molecular flexibility index (Phi) is 4.77. The summed E-state index contributed by atoms with van der Waals surface area (Å²) in [5.41, 5.74) is 5.02. The number of carbonyl (C=O) groups is 1. The lowest BCUT2D eigenvalue weighted by molar-refractivity contribution is -0.111. The molecule has 0 heterocycles. The molecule has 21 heavy (non-hydrogen) atoms. The zero-order valence-electron chi connectivity index (χ0n) is 12.6. The van der Waals surface area contributed by atoms with E-state index in [1.54, 1.807) is 6.08 Å². The van der Waals surface area contributed by atoms with Gasteiger partial charge in [0.2, 0.25) is 5.91 Å². The van der Waals surface area contributed by atoms with Gasteiger partial charge in [0, 0.05) is 23.1 Å². The lowest BCUT2D eigenvalue weighted by atomic mass is 10.2. The Morgan fingerprint density at radius 1 is 0.857 bits per heavy atom. The van der Waals surface area contributed by atoms with Crippen LogP contribution in [0.4, 0.5) is 17.1 Å². The molecule has 3 nitrogen and oxygen atoms in total. The first-order chi connectivity index (χ1) is 10.0. The van der Waals surface area contributed by atoms with Gasteiger partial charge in [-0.05, 0) is 57.2 Å². The fourth-order valence-electron chi connectivity index (χ4n) is 1.88. The molecule has 0 unspecified atom stereocenters. The van der Waals surface area contributed by atoms with Gasteiger partial charge in [-0.1, -0.05) is 23.3 Å². The molecular formula is C18H20N2O. The summed E-state index contributed by atoms with van der Waals surface area (Å²) in [6, 6.07) is 15.9. The molecule has 0 spiro atoms. The lowest BCUT2D eigenvalue weighted by Crippen LogP contribution is -2.08. The van der Waals surface area contributed by atoms with Crippen molar-refractivity contribution in [1.82, 2.24) is 0 Å². The van der Waals surface area contributed by atoms with E-state index in [0.717, 1.165) is 22.6 Å². The van der Waals surface area contributed by atoms with Gasteiger partial charge in [-0.25, -0.2) is 0 Å². The van der Waals surface area contributed by atoms with E-state index in [4.69, 9.17) is 0 Å². The van der Waals surface area contributed by atoms with Gasteiger partial charge in [-0.2, -0.15) is 0 Å². The fraction of sp³-hybridized carbons (Fsp3) is 0.167. The van der Waals surface area contributed by atoms with Crippen LogP contribution in [-0.2, 0) is 4.79 Å². The van der Waals surface area contributed by atoms with Crippen molar-refractivity contribution < 1.29 is 4.79 Å². The summed E-state index contributed by atoms with van der Waals surface area (Å²) in [7, 11) is 0. The minimum atomic E-state index is -0.103. The smallest absolute Gasteiger partial charge is 0.248 e. The Morgan fingerprint density at radius 3 is 1.86 bits per heavy atom. The van der Waals surface area contributed by atoms with Crippen LogP contribution in [0.2, 0.25) is 0 Å². The van der Waals surface area contributed by atoms with Crippen molar-refractivity contribution in [2.24, 2.45) is 0 Å². The van der Waals surface area contributed by atoms with Crippen LogP contribution < -0.4 is 10.6 Å². The van der Waals surface area contributed by atoms with Gasteiger partial charge in [-0.3, -0.25) is 4.79 Å². The highest BCUT2D eigenvalue weighted by Gasteiger charge is 1.99. The van der Waals surface area contributed by atoms with Gasteiger partial charge >= 0.3 is 0 Å². The van der Waals surface area contributed by atoms with Crippen LogP contribution in [0.15, 0.2) is 60.2 Å². The lowest BCUT2D eigenvalue weighted by Gasteiger charge is -2.08. The minimum absolute atomic E-state index is 0.103. The molecule has 0 aliphatic carbocycles. The third-order valence-electron chi connectivity index (χ3n) is 2.91. The first kappa shape index (κ1) is 14.9. The van der Waals surface area contributed by atoms with Crippen molar-refractivity contribution >= 4 is 23.0 Å². The van der Waals surface area contributed by atoms with Crippen molar-refractivity contribution in [2.75, 3.05) is 10.6 Å². The van der Waals surface area contributed by atoms with E-state index in [9.17, 15) is 4.79 Å². The van der Waals surface area contributed by atoms with Gasteiger partial charge in [0.15, 0.2) is 0 Å². The zero-order chi connectivity index (χ0) is 15.2. The first-order valence-corrected chi connectivity index (χ1v) is 6.92.